The number of piperazine rings is 1. The fourth-order valence-electron chi connectivity index (χ4n) is 3.06. The van der Waals surface area contributed by atoms with Crippen LogP contribution in [0.1, 0.15) is 5.56 Å². The highest BCUT2D eigenvalue weighted by Crippen LogP contribution is 2.34. The quantitative estimate of drug-likeness (QED) is 0.798. The van der Waals surface area contributed by atoms with Crippen molar-refractivity contribution >= 4 is 15.8 Å². The molecule has 0 radical (unpaired) electrons. The summed E-state index contributed by atoms with van der Waals surface area (Å²) in [7, 11) is -3.62. The SMILES string of the molecule is N#Cc1cccnc1N1CCN(S(=O)(=O)c2ccc3c(c2)OCO3)CC1. The summed E-state index contributed by atoms with van der Waals surface area (Å²) in [5.74, 6) is 1.58. The van der Waals surface area contributed by atoms with Crippen LogP contribution in [0.3, 0.4) is 0 Å². The van der Waals surface area contributed by atoms with E-state index in [-0.39, 0.29) is 11.7 Å². The predicted molar refractivity (Wildman–Crippen MR) is 92.5 cm³/mol. The molecule has 26 heavy (non-hydrogen) atoms. The first-order valence-electron chi connectivity index (χ1n) is 8.09. The zero-order chi connectivity index (χ0) is 18.1. The van der Waals surface area contributed by atoms with Crippen LogP contribution < -0.4 is 14.4 Å². The van der Waals surface area contributed by atoms with Gasteiger partial charge in [-0.05, 0) is 24.3 Å². The number of hydrogen-bond donors (Lipinski definition) is 0. The molecule has 0 N–H and O–H groups in total. The summed E-state index contributed by atoms with van der Waals surface area (Å²) in [6, 6.07) is 10.2. The van der Waals surface area contributed by atoms with E-state index in [0.29, 0.717) is 49.1 Å². The number of sulfonamides is 1. The van der Waals surface area contributed by atoms with Gasteiger partial charge in [-0.3, -0.25) is 0 Å². The van der Waals surface area contributed by atoms with Crippen LogP contribution in [-0.4, -0.2) is 50.7 Å². The van der Waals surface area contributed by atoms with Gasteiger partial charge in [-0.2, -0.15) is 9.57 Å². The Morgan fingerprint density at radius 3 is 2.62 bits per heavy atom. The number of benzene rings is 1. The average Bonchev–Trinajstić information content (AvgIpc) is 3.16. The lowest BCUT2D eigenvalue weighted by Gasteiger charge is -2.34. The van der Waals surface area contributed by atoms with Gasteiger partial charge in [0.05, 0.1) is 10.5 Å². The van der Waals surface area contributed by atoms with E-state index in [4.69, 9.17) is 9.47 Å². The van der Waals surface area contributed by atoms with Gasteiger partial charge in [0, 0.05) is 38.4 Å². The summed E-state index contributed by atoms with van der Waals surface area (Å²) < 4.78 is 37.7. The normalized spacial score (nSPS) is 17.1. The number of fused-ring (bicyclic) bond motifs is 1. The van der Waals surface area contributed by atoms with E-state index in [1.165, 1.54) is 16.4 Å². The topological polar surface area (TPSA) is 95.8 Å². The molecule has 8 nitrogen and oxygen atoms in total. The number of rotatable bonds is 3. The maximum absolute atomic E-state index is 12.9. The summed E-state index contributed by atoms with van der Waals surface area (Å²) in [6.45, 7) is 1.67. The van der Waals surface area contributed by atoms with Crippen molar-refractivity contribution in [2.75, 3.05) is 37.9 Å². The molecule has 0 atom stereocenters. The number of anilines is 1. The number of pyridine rings is 1. The van der Waals surface area contributed by atoms with Crippen LogP contribution in [0.5, 0.6) is 11.5 Å². The molecule has 134 valence electrons. The van der Waals surface area contributed by atoms with Crippen molar-refractivity contribution in [1.82, 2.24) is 9.29 Å². The summed E-state index contributed by atoms with van der Waals surface area (Å²) in [5, 5.41) is 9.21. The lowest BCUT2D eigenvalue weighted by molar-refractivity contribution is 0.174. The van der Waals surface area contributed by atoms with Gasteiger partial charge in [0.15, 0.2) is 11.5 Å². The highest BCUT2D eigenvalue weighted by Gasteiger charge is 2.30. The Labute approximate surface area is 151 Å². The minimum absolute atomic E-state index is 0.100. The molecule has 0 saturated carbocycles. The molecule has 4 rings (SSSR count). The minimum atomic E-state index is -3.62. The standard InChI is InChI=1S/C17H16N4O4S/c18-11-13-2-1-5-19-17(13)20-6-8-21(9-7-20)26(22,23)14-3-4-15-16(10-14)25-12-24-15/h1-5,10H,6-9,12H2. The molecule has 2 aliphatic rings. The van der Waals surface area contributed by atoms with Crippen molar-refractivity contribution in [3.05, 3.63) is 42.1 Å². The van der Waals surface area contributed by atoms with Gasteiger partial charge in [-0.1, -0.05) is 0 Å². The van der Waals surface area contributed by atoms with E-state index in [9.17, 15) is 13.7 Å². The van der Waals surface area contributed by atoms with Crippen molar-refractivity contribution in [3.8, 4) is 17.6 Å². The van der Waals surface area contributed by atoms with Crippen LogP contribution in [0.25, 0.3) is 0 Å². The third kappa shape index (κ3) is 2.83. The lowest BCUT2D eigenvalue weighted by atomic mass is 10.2. The van der Waals surface area contributed by atoms with Gasteiger partial charge < -0.3 is 14.4 Å². The highest BCUT2D eigenvalue weighted by molar-refractivity contribution is 7.89. The van der Waals surface area contributed by atoms with Crippen molar-refractivity contribution in [1.29, 1.82) is 5.26 Å². The smallest absolute Gasteiger partial charge is 0.243 e. The fraction of sp³-hybridized carbons (Fsp3) is 0.294. The average molecular weight is 372 g/mol. The Morgan fingerprint density at radius 2 is 1.85 bits per heavy atom. The Hall–Kier alpha value is -2.83. The number of aromatic nitrogens is 1. The van der Waals surface area contributed by atoms with Gasteiger partial charge in [-0.25, -0.2) is 13.4 Å². The third-order valence-corrected chi connectivity index (χ3v) is 6.32. The molecular formula is C17H16N4O4S. The summed E-state index contributed by atoms with van der Waals surface area (Å²) >= 11 is 0. The Bertz CT molecular complexity index is 978. The molecule has 0 bridgehead atoms. The molecule has 9 heteroatoms. The van der Waals surface area contributed by atoms with Crippen molar-refractivity contribution in [2.24, 2.45) is 0 Å². The van der Waals surface area contributed by atoms with Gasteiger partial charge in [0.1, 0.15) is 11.9 Å². The van der Waals surface area contributed by atoms with Crippen LogP contribution in [-0.2, 0) is 10.0 Å². The van der Waals surface area contributed by atoms with Gasteiger partial charge in [-0.15, -0.1) is 0 Å². The van der Waals surface area contributed by atoms with Gasteiger partial charge in [0.2, 0.25) is 16.8 Å². The third-order valence-electron chi connectivity index (χ3n) is 4.43. The first-order valence-corrected chi connectivity index (χ1v) is 9.53. The summed E-state index contributed by atoms with van der Waals surface area (Å²) in [4.78, 5) is 6.38. The predicted octanol–water partition coefficient (Wildman–Crippen LogP) is 1.19. The van der Waals surface area contributed by atoms with Crippen LogP contribution >= 0.6 is 0 Å². The molecule has 1 aromatic carbocycles. The van der Waals surface area contributed by atoms with Crippen molar-refractivity contribution in [2.45, 2.75) is 4.90 Å². The Morgan fingerprint density at radius 1 is 1.08 bits per heavy atom. The summed E-state index contributed by atoms with van der Waals surface area (Å²) in [5.41, 5.74) is 0.486. The maximum atomic E-state index is 12.9. The van der Waals surface area contributed by atoms with Gasteiger partial charge >= 0.3 is 0 Å². The van der Waals surface area contributed by atoms with E-state index in [2.05, 4.69) is 11.1 Å². The van der Waals surface area contributed by atoms with Crippen LogP contribution in [0.15, 0.2) is 41.4 Å². The van der Waals surface area contributed by atoms with Gasteiger partial charge in [0.25, 0.3) is 0 Å². The molecular weight excluding hydrogens is 356 g/mol. The van der Waals surface area contributed by atoms with E-state index in [1.54, 1.807) is 24.4 Å². The number of ether oxygens (including phenoxy) is 2. The molecule has 2 aliphatic heterocycles. The largest absolute Gasteiger partial charge is 0.454 e. The molecule has 0 spiro atoms. The second-order valence-electron chi connectivity index (χ2n) is 5.89. The van der Waals surface area contributed by atoms with Crippen molar-refractivity contribution in [3.63, 3.8) is 0 Å². The number of hydrogen-bond acceptors (Lipinski definition) is 7. The molecule has 0 aliphatic carbocycles. The van der Waals surface area contributed by atoms with E-state index in [0.717, 1.165) is 0 Å². The minimum Gasteiger partial charge on any atom is -0.454 e. The van der Waals surface area contributed by atoms with E-state index >= 15 is 0 Å². The maximum Gasteiger partial charge on any atom is 0.243 e. The van der Waals surface area contributed by atoms with Crippen LogP contribution in [0, 0.1) is 11.3 Å². The molecule has 2 aromatic rings. The highest BCUT2D eigenvalue weighted by atomic mass is 32.2. The number of nitriles is 1. The lowest BCUT2D eigenvalue weighted by Crippen LogP contribution is -2.49. The monoisotopic (exact) mass is 372 g/mol. The van der Waals surface area contributed by atoms with Crippen LogP contribution in [0.2, 0.25) is 0 Å². The Kier molecular flexibility index (Phi) is 4.14. The second kappa shape index (κ2) is 6.48. The van der Waals surface area contributed by atoms with Crippen molar-refractivity contribution < 1.29 is 17.9 Å². The molecule has 3 heterocycles. The molecule has 0 unspecified atom stereocenters. The zero-order valence-corrected chi connectivity index (χ0v) is 14.6. The fourth-order valence-corrected chi connectivity index (χ4v) is 4.50. The molecule has 1 saturated heterocycles. The van der Waals surface area contributed by atoms with E-state index in [1.807, 2.05) is 4.90 Å². The van der Waals surface area contributed by atoms with E-state index < -0.39 is 10.0 Å². The first kappa shape index (κ1) is 16.6. The van der Waals surface area contributed by atoms with Crippen LogP contribution in [0.4, 0.5) is 5.82 Å². The number of nitrogens with zero attached hydrogens (tertiary/aromatic N) is 4. The Balaban J connectivity index is 1.51. The molecule has 1 aromatic heterocycles. The molecule has 0 amide bonds. The first-order chi connectivity index (χ1) is 12.6. The second-order valence-corrected chi connectivity index (χ2v) is 7.83. The zero-order valence-electron chi connectivity index (χ0n) is 13.8. The summed E-state index contributed by atoms with van der Waals surface area (Å²) in [6.07, 6.45) is 1.63. The molecule has 1 fully saturated rings.